The Bertz CT molecular complexity index is 642. The molecule has 2 heterocycles. The monoisotopic (exact) mass is 343 g/mol. The van der Waals surface area contributed by atoms with Gasteiger partial charge in [-0.1, -0.05) is 31.4 Å². The van der Waals surface area contributed by atoms with E-state index < -0.39 is 0 Å². The molecular formula is C20H29N3O2. The lowest BCUT2D eigenvalue weighted by molar-refractivity contribution is -0.128. The lowest BCUT2D eigenvalue weighted by Crippen LogP contribution is -2.39. The summed E-state index contributed by atoms with van der Waals surface area (Å²) in [5, 5.41) is 3.03. The Kier molecular flexibility index (Phi) is 8.73. The van der Waals surface area contributed by atoms with Crippen molar-refractivity contribution >= 4 is 12.3 Å². The van der Waals surface area contributed by atoms with Crippen molar-refractivity contribution in [3.8, 4) is 11.8 Å². The lowest BCUT2D eigenvalue weighted by atomic mass is 9.79. The van der Waals surface area contributed by atoms with E-state index in [0.29, 0.717) is 13.1 Å². The van der Waals surface area contributed by atoms with E-state index in [4.69, 9.17) is 0 Å². The first kappa shape index (κ1) is 20.7. The van der Waals surface area contributed by atoms with Crippen LogP contribution in [-0.4, -0.2) is 50.1 Å². The van der Waals surface area contributed by atoms with Gasteiger partial charge in [0, 0.05) is 20.1 Å². The van der Waals surface area contributed by atoms with E-state index in [1.807, 2.05) is 25.2 Å². The number of allylic oxidation sites excluding steroid dienone is 1. The van der Waals surface area contributed by atoms with Crippen LogP contribution in [-0.2, 0) is 9.53 Å². The molecule has 0 bridgehead atoms. The minimum Gasteiger partial charge on any atom is -0.468 e. The second kappa shape index (κ2) is 10.5. The molecule has 1 aromatic rings. The van der Waals surface area contributed by atoms with Gasteiger partial charge in [0.25, 0.3) is 6.47 Å². The van der Waals surface area contributed by atoms with Crippen LogP contribution in [0, 0.1) is 17.3 Å². The fourth-order valence-corrected chi connectivity index (χ4v) is 2.68. The second-order valence-electron chi connectivity index (χ2n) is 6.52. The molecule has 0 saturated carbocycles. The van der Waals surface area contributed by atoms with Crippen LogP contribution in [0.15, 0.2) is 29.8 Å². The number of nitrogens with one attached hydrogen (secondary N) is 1. The third kappa shape index (κ3) is 7.40. The highest BCUT2D eigenvalue weighted by Gasteiger charge is 2.28. The zero-order valence-corrected chi connectivity index (χ0v) is 15.9. The van der Waals surface area contributed by atoms with Crippen molar-refractivity contribution in [1.82, 2.24) is 9.88 Å². The minimum atomic E-state index is 0.210. The number of piperidine rings is 1. The van der Waals surface area contributed by atoms with Gasteiger partial charge in [-0.2, -0.15) is 0 Å². The average molecular weight is 343 g/mol. The van der Waals surface area contributed by atoms with Gasteiger partial charge in [0.05, 0.1) is 6.61 Å². The largest absolute Gasteiger partial charge is 0.468 e. The summed E-state index contributed by atoms with van der Waals surface area (Å²) in [5.74, 6) is 7.15. The Morgan fingerprint density at radius 3 is 2.76 bits per heavy atom. The van der Waals surface area contributed by atoms with Crippen molar-refractivity contribution in [2.75, 3.05) is 39.1 Å². The van der Waals surface area contributed by atoms with Gasteiger partial charge >= 0.3 is 0 Å². The fraction of sp³-hybridized carbons (Fsp3) is 0.500. The van der Waals surface area contributed by atoms with Crippen LogP contribution in [0.2, 0.25) is 0 Å². The number of hydrogen-bond acceptors (Lipinski definition) is 5. The average Bonchev–Trinajstić information content (AvgIpc) is 2.58. The van der Waals surface area contributed by atoms with Crippen molar-refractivity contribution in [2.45, 2.75) is 27.2 Å². The molecule has 5 heteroatoms. The zero-order valence-electron chi connectivity index (χ0n) is 15.9. The number of hydrogen-bond donors (Lipinski definition) is 1. The van der Waals surface area contributed by atoms with Crippen LogP contribution in [0.1, 0.15) is 32.9 Å². The first-order valence-electron chi connectivity index (χ1n) is 8.52. The number of ether oxygens (including phenoxy) is 1. The van der Waals surface area contributed by atoms with Gasteiger partial charge in [-0.3, -0.25) is 4.79 Å². The molecule has 1 aliphatic rings. The first-order valence-corrected chi connectivity index (χ1v) is 8.52. The van der Waals surface area contributed by atoms with Crippen LogP contribution in [0.25, 0.3) is 0 Å². The van der Waals surface area contributed by atoms with Crippen molar-refractivity contribution in [1.29, 1.82) is 0 Å². The van der Waals surface area contributed by atoms with Crippen LogP contribution in [0.3, 0.4) is 0 Å². The highest BCUT2D eigenvalue weighted by atomic mass is 16.5. The van der Waals surface area contributed by atoms with Crippen LogP contribution >= 0.6 is 0 Å². The highest BCUT2D eigenvalue weighted by molar-refractivity contribution is 5.41. The number of anilines is 1. The topological polar surface area (TPSA) is 54.5 Å². The van der Waals surface area contributed by atoms with Gasteiger partial charge in [0.2, 0.25) is 0 Å². The van der Waals surface area contributed by atoms with Crippen molar-refractivity contribution < 1.29 is 9.53 Å². The van der Waals surface area contributed by atoms with Crippen molar-refractivity contribution in [2.24, 2.45) is 5.41 Å². The Labute approximate surface area is 151 Å². The highest BCUT2D eigenvalue weighted by Crippen LogP contribution is 2.33. The summed E-state index contributed by atoms with van der Waals surface area (Å²) >= 11 is 0. The minimum absolute atomic E-state index is 0.210. The molecular weight excluding hydrogens is 314 g/mol. The molecule has 1 saturated heterocycles. The smallest absolute Gasteiger partial charge is 0.293 e. The van der Waals surface area contributed by atoms with Gasteiger partial charge in [-0.25, -0.2) is 4.98 Å². The Morgan fingerprint density at radius 1 is 1.44 bits per heavy atom. The van der Waals surface area contributed by atoms with Crippen LogP contribution in [0.5, 0.6) is 0 Å². The zero-order chi connectivity index (χ0) is 18.7. The standard InChI is InChI=1S/C17H23N3.C3H6O2/c1-17(2)13-20(4)12-11-14(17)7-5-8-15-9-6-10-16(18-3)19-15;1-2-5-3-4/h6-7,9-10H,11-13H2,1-4H3,(H,18,19);3H,2H2,1H3/b14-7+;. The number of pyridine rings is 1. The van der Waals surface area contributed by atoms with Crippen LogP contribution < -0.4 is 5.32 Å². The predicted molar refractivity (Wildman–Crippen MR) is 102 cm³/mol. The number of likely N-dealkylation sites (tertiary alicyclic amines) is 1. The summed E-state index contributed by atoms with van der Waals surface area (Å²) in [6.45, 7) is 9.45. The molecule has 0 atom stereocenters. The van der Waals surface area contributed by atoms with E-state index in [0.717, 1.165) is 31.0 Å². The summed E-state index contributed by atoms with van der Waals surface area (Å²) in [7, 11) is 4.04. The number of nitrogens with zero attached hydrogens (tertiary/aromatic N) is 2. The van der Waals surface area contributed by atoms with E-state index >= 15 is 0 Å². The SMILES string of the molecule is CCOC=O.CNc1cccc(C#C/C=C2\CCN(C)CC2(C)C)n1. The maximum atomic E-state index is 9.18. The third-order valence-electron chi connectivity index (χ3n) is 3.98. The van der Waals surface area contributed by atoms with Gasteiger partial charge in [0.1, 0.15) is 11.5 Å². The normalized spacial score (nSPS) is 17.6. The van der Waals surface area contributed by atoms with E-state index in [1.54, 1.807) is 6.92 Å². The molecule has 5 nitrogen and oxygen atoms in total. The van der Waals surface area contributed by atoms with Gasteiger partial charge < -0.3 is 15.0 Å². The Morgan fingerprint density at radius 2 is 2.20 bits per heavy atom. The maximum absolute atomic E-state index is 9.18. The van der Waals surface area contributed by atoms with E-state index in [2.05, 4.69) is 58.7 Å². The van der Waals surface area contributed by atoms with Gasteiger partial charge in [-0.15, -0.1) is 0 Å². The molecule has 0 aromatic carbocycles. The molecule has 0 amide bonds. The second-order valence-corrected chi connectivity index (χ2v) is 6.52. The molecule has 1 fully saturated rings. The van der Waals surface area contributed by atoms with Crippen molar-refractivity contribution in [3.63, 3.8) is 0 Å². The number of carbonyl (C=O) groups excluding carboxylic acids is 1. The molecule has 1 N–H and O–H groups in total. The Hall–Kier alpha value is -2.32. The summed E-state index contributed by atoms with van der Waals surface area (Å²) in [5.41, 5.74) is 2.45. The quantitative estimate of drug-likeness (QED) is 0.675. The summed E-state index contributed by atoms with van der Waals surface area (Å²) in [6, 6.07) is 5.84. The van der Waals surface area contributed by atoms with Gasteiger partial charge in [-0.05, 0) is 49.9 Å². The summed E-state index contributed by atoms with van der Waals surface area (Å²) < 4.78 is 4.15. The van der Waals surface area contributed by atoms with Gasteiger partial charge in [0.15, 0.2) is 0 Å². The maximum Gasteiger partial charge on any atom is 0.293 e. The molecule has 1 aliphatic heterocycles. The first-order chi connectivity index (χ1) is 11.9. The van der Waals surface area contributed by atoms with Crippen LogP contribution in [0.4, 0.5) is 5.82 Å². The van der Waals surface area contributed by atoms with E-state index in [-0.39, 0.29) is 5.41 Å². The molecule has 0 unspecified atom stereocenters. The predicted octanol–water partition coefficient (Wildman–Crippen LogP) is 2.94. The molecule has 0 spiro atoms. The lowest BCUT2D eigenvalue weighted by Gasteiger charge is -2.38. The molecule has 0 aliphatic carbocycles. The number of aromatic nitrogens is 1. The van der Waals surface area contributed by atoms with Crippen molar-refractivity contribution in [3.05, 3.63) is 35.5 Å². The Balaban J connectivity index is 0.000000550. The third-order valence-corrected chi connectivity index (χ3v) is 3.98. The summed E-state index contributed by atoms with van der Waals surface area (Å²) in [6.07, 6.45) is 3.18. The summed E-state index contributed by atoms with van der Waals surface area (Å²) in [4.78, 5) is 16.0. The number of rotatable bonds is 3. The fourth-order valence-electron chi connectivity index (χ4n) is 2.68. The molecule has 0 radical (unpaired) electrons. The number of carbonyl (C=O) groups is 1. The molecule has 2 rings (SSSR count). The van der Waals surface area contributed by atoms with E-state index in [9.17, 15) is 4.79 Å². The van der Waals surface area contributed by atoms with E-state index in [1.165, 1.54) is 5.57 Å². The molecule has 136 valence electrons. The molecule has 1 aromatic heterocycles. The molecule has 25 heavy (non-hydrogen) atoms.